The second-order valence-electron chi connectivity index (χ2n) is 6.01. The average Bonchev–Trinajstić information content (AvgIpc) is 3.05. The minimum Gasteiger partial charge on any atom is -0.346 e. The molecule has 1 atom stereocenters. The van der Waals surface area contributed by atoms with Crippen LogP contribution in [0.2, 0.25) is 0 Å². The van der Waals surface area contributed by atoms with Crippen molar-refractivity contribution in [1.29, 1.82) is 0 Å². The van der Waals surface area contributed by atoms with E-state index in [-0.39, 0.29) is 29.7 Å². The van der Waals surface area contributed by atoms with E-state index < -0.39 is 0 Å². The molecule has 0 saturated carbocycles. The lowest BCUT2D eigenvalue weighted by molar-refractivity contribution is -0.137. The fraction of sp³-hybridized carbons (Fsp3) is 0.857. The summed E-state index contributed by atoms with van der Waals surface area (Å²) >= 11 is 0. The van der Waals surface area contributed by atoms with Gasteiger partial charge in [-0.3, -0.25) is 9.59 Å². The predicted octanol–water partition coefficient (Wildman–Crippen LogP) is 0.361. The molecule has 2 heterocycles. The van der Waals surface area contributed by atoms with Gasteiger partial charge in [-0.25, -0.2) is 0 Å². The number of hydrogen-bond acceptors (Lipinski definition) is 3. The van der Waals surface area contributed by atoms with Gasteiger partial charge in [0.2, 0.25) is 11.8 Å². The summed E-state index contributed by atoms with van der Waals surface area (Å²) in [7, 11) is 0. The molecule has 19 heavy (non-hydrogen) atoms. The number of carbonyl (C=O) groups excluding carboxylic acids is 2. The van der Waals surface area contributed by atoms with Crippen LogP contribution < -0.4 is 10.6 Å². The van der Waals surface area contributed by atoms with E-state index in [1.807, 2.05) is 4.90 Å². The molecule has 0 aromatic heterocycles. The first kappa shape index (κ1) is 14.3. The molecule has 0 aromatic carbocycles. The van der Waals surface area contributed by atoms with E-state index in [4.69, 9.17) is 0 Å². The summed E-state index contributed by atoms with van der Waals surface area (Å²) in [6, 6.07) is 0. The highest BCUT2D eigenvalue weighted by Gasteiger charge is 2.43. The summed E-state index contributed by atoms with van der Waals surface area (Å²) in [5, 5.41) is 6.12. The van der Waals surface area contributed by atoms with Gasteiger partial charge in [0.25, 0.3) is 0 Å². The van der Waals surface area contributed by atoms with Crippen LogP contribution in [0.4, 0.5) is 0 Å². The first-order valence-electron chi connectivity index (χ1n) is 7.33. The standard InChI is InChI=1S/C14H25N3O2/c1-11(2)14(5-6-15-10-14)13(19)16-9-12(18)17-7-3-4-8-17/h11,15H,3-10H2,1-2H3,(H,16,19). The van der Waals surface area contributed by atoms with Gasteiger partial charge < -0.3 is 15.5 Å². The van der Waals surface area contributed by atoms with Crippen molar-refractivity contribution in [2.24, 2.45) is 11.3 Å². The van der Waals surface area contributed by atoms with Gasteiger partial charge in [0, 0.05) is 19.6 Å². The molecule has 2 N–H and O–H groups in total. The van der Waals surface area contributed by atoms with E-state index in [0.29, 0.717) is 6.54 Å². The van der Waals surface area contributed by atoms with Crippen molar-refractivity contribution in [2.45, 2.75) is 33.1 Å². The van der Waals surface area contributed by atoms with Crippen LogP contribution in [0.1, 0.15) is 33.1 Å². The van der Waals surface area contributed by atoms with Crippen molar-refractivity contribution in [1.82, 2.24) is 15.5 Å². The van der Waals surface area contributed by atoms with Gasteiger partial charge in [-0.05, 0) is 31.7 Å². The van der Waals surface area contributed by atoms with E-state index in [0.717, 1.165) is 38.9 Å². The molecular formula is C14H25N3O2. The molecule has 2 aliphatic rings. The van der Waals surface area contributed by atoms with Crippen molar-refractivity contribution in [3.8, 4) is 0 Å². The number of nitrogens with one attached hydrogen (secondary N) is 2. The van der Waals surface area contributed by atoms with Gasteiger partial charge in [-0.2, -0.15) is 0 Å². The Balaban J connectivity index is 1.87. The molecule has 108 valence electrons. The van der Waals surface area contributed by atoms with Gasteiger partial charge in [-0.15, -0.1) is 0 Å². The predicted molar refractivity (Wildman–Crippen MR) is 73.6 cm³/mol. The Bertz CT molecular complexity index is 343. The van der Waals surface area contributed by atoms with Gasteiger partial charge in [0.05, 0.1) is 12.0 Å². The van der Waals surface area contributed by atoms with E-state index in [1.54, 1.807) is 0 Å². The second-order valence-corrected chi connectivity index (χ2v) is 6.01. The van der Waals surface area contributed by atoms with Crippen LogP contribution in [-0.4, -0.2) is 49.4 Å². The quantitative estimate of drug-likeness (QED) is 0.773. The molecule has 2 amide bonds. The van der Waals surface area contributed by atoms with Gasteiger partial charge in [0.1, 0.15) is 0 Å². The number of likely N-dealkylation sites (tertiary alicyclic amines) is 1. The third-order valence-corrected chi connectivity index (χ3v) is 4.60. The zero-order valence-electron chi connectivity index (χ0n) is 12.0. The summed E-state index contributed by atoms with van der Waals surface area (Å²) < 4.78 is 0. The van der Waals surface area contributed by atoms with Crippen molar-refractivity contribution >= 4 is 11.8 Å². The molecular weight excluding hydrogens is 242 g/mol. The van der Waals surface area contributed by atoms with Crippen molar-refractivity contribution in [3.05, 3.63) is 0 Å². The Morgan fingerprint density at radius 2 is 2.00 bits per heavy atom. The maximum Gasteiger partial charge on any atom is 0.241 e. The first-order chi connectivity index (χ1) is 9.06. The molecule has 2 aliphatic heterocycles. The van der Waals surface area contributed by atoms with E-state index in [2.05, 4.69) is 24.5 Å². The van der Waals surface area contributed by atoms with Crippen LogP contribution in [-0.2, 0) is 9.59 Å². The lowest BCUT2D eigenvalue weighted by Gasteiger charge is -2.31. The van der Waals surface area contributed by atoms with Crippen LogP contribution in [0.15, 0.2) is 0 Å². The van der Waals surface area contributed by atoms with Crippen LogP contribution in [0, 0.1) is 11.3 Å². The normalized spacial score (nSPS) is 27.0. The molecule has 1 unspecified atom stereocenters. The summed E-state index contributed by atoms with van der Waals surface area (Å²) in [6.45, 7) is 7.58. The molecule has 0 aromatic rings. The third kappa shape index (κ3) is 2.91. The van der Waals surface area contributed by atoms with Crippen molar-refractivity contribution < 1.29 is 9.59 Å². The van der Waals surface area contributed by atoms with Crippen LogP contribution in [0.3, 0.4) is 0 Å². The SMILES string of the molecule is CC(C)C1(C(=O)NCC(=O)N2CCCC2)CCNC1. The highest BCUT2D eigenvalue weighted by atomic mass is 16.2. The molecule has 0 radical (unpaired) electrons. The van der Waals surface area contributed by atoms with Gasteiger partial charge in [-0.1, -0.05) is 13.8 Å². The Labute approximate surface area is 115 Å². The monoisotopic (exact) mass is 267 g/mol. The second kappa shape index (κ2) is 5.90. The fourth-order valence-electron chi connectivity index (χ4n) is 3.07. The maximum atomic E-state index is 12.4. The van der Waals surface area contributed by atoms with Crippen molar-refractivity contribution in [3.63, 3.8) is 0 Å². The lowest BCUT2D eigenvalue weighted by Crippen LogP contribution is -2.49. The molecule has 0 bridgehead atoms. The Morgan fingerprint density at radius 1 is 1.32 bits per heavy atom. The summed E-state index contributed by atoms with van der Waals surface area (Å²) in [5.74, 6) is 0.361. The highest BCUT2D eigenvalue weighted by molar-refractivity contribution is 5.88. The van der Waals surface area contributed by atoms with E-state index in [9.17, 15) is 9.59 Å². The molecule has 0 aliphatic carbocycles. The van der Waals surface area contributed by atoms with Crippen molar-refractivity contribution in [2.75, 3.05) is 32.7 Å². The molecule has 5 nitrogen and oxygen atoms in total. The van der Waals surface area contributed by atoms with Gasteiger partial charge >= 0.3 is 0 Å². The molecule has 2 saturated heterocycles. The molecule has 2 rings (SSSR count). The zero-order chi connectivity index (χ0) is 13.9. The molecule has 0 spiro atoms. The largest absolute Gasteiger partial charge is 0.346 e. The zero-order valence-corrected chi connectivity index (χ0v) is 12.0. The lowest BCUT2D eigenvalue weighted by atomic mass is 9.75. The Kier molecular flexibility index (Phi) is 4.45. The van der Waals surface area contributed by atoms with Crippen LogP contribution >= 0.6 is 0 Å². The number of rotatable bonds is 4. The number of hydrogen-bond donors (Lipinski definition) is 2. The highest BCUT2D eigenvalue weighted by Crippen LogP contribution is 2.34. The number of carbonyl (C=O) groups is 2. The minimum atomic E-state index is -0.342. The minimum absolute atomic E-state index is 0.0278. The van der Waals surface area contributed by atoms with E-state index >= 15 is 0 Å². The summed E-state index contributed by atoms with van der Waals surface area (Å²) in [5.41, 5.74) is -0.342. The van der Waals surface area contributed by atoms with Crippen LogP contribution in [0.5, 0.6) is 0 Å². The molecule has 2 fully saturated rings. The van der Waals surface area contributed by atoms with E-state index in [1.165, 1.54) is 0 Å². The third-order valence-electron chi connectivity index (χ3n) is 4.60. The van der Waals surface area contributed by atoms with Crippen LogP contribution in [0.25, 0.3) is 0 Å². The number of amides is 2. The smallest absolute Gasteiger partial charge is 0.241 e. The fourth-order valence-corrected chi connectivity index (χ4v) is 3.07. The summed E-state index contributed by atoms with van der Waals surface area (Å²) in [4.78, 5) is 26.2. The molecule has 5 heteroatoms. The Morgan fingerprint density at radius 3 is 2.53 bits per heavy atom. The first-order valence-corrected chi connectivity index (χ1v) is 7.33. The maximum absolute atomic E-state index is 12.4. The van der Waals surface area contributed by atoms with Gasteiger partial charge in [0.15, 0.2) is 0 Å². The summed E-state index contributed by atoms with van der Waals surface area (Å²) in [6.07, 6.45) is 3.02. The number of nitrogens with zero attached hydrogens (tertiary/aromatic N) is 1. The average molecular weight is 267 g/mol. The topological polar surface area (TPSA) is 61.4 Å². The Hall–Kier alpha value is -1.10.